The lowest BCUT2D eigenvalue weighted by molar-refractivity contribution is 0.425. The highest BCUT2D eigenvalue weighted by molar-refractivity contribution is 9.10. The Morgan fingerprint density at radius 2 is 1.62 bits per heavy atom. The molecule has 0 fully saturated rings. The fraction of sp³-hybridized carbons (Fsp3) is 0.250. The van der Waals surface area contributed by atoms with Crippen LogP contribution in [0.3, 0.4) is 0 Å². The first-order valence-corrected chi connectivity index (χ1v) is 9.25. The second-order valence-electron chi connectivity index (χ2n) is 5.28. The number of nitrogens with zero attached hydrogens (tertiary/aromatic N) is 1. The third-order valence-corrected chi connectivity index (χ3v) is 6.02. The molecule has 0 saturated heterocycles. The molecule has 0 aliphatic rings. The molecule has 1 atom stereocenters. The lowest BCUT2D eigenvalue weighted by Crippen LogP contribution is -2.22. The topological polar surface area (TPSA) is 29.5 Å². The van der Waals surface area contributed by atoms with Gasteiger partial charge in [-0.05, 0) is 57.4 Å². The zero-order chi connectivity index (χ0) is 15.5. The Balaban J connectivity index is 2.34. The van der Waals surface area contributed by atoms with Crippen LogP contribution in [0.1, 0.15) is 5.56 Å². The second-order valence-corrected chi connectivity index (χ2v) is 8.52. The first kappa shape index (κ1) is 16.3. The Hall–Kier alpha value is -1.09. The van der Waals surface area contributed by atoms with Gasteiger partial charge in [0.15, 0.2) is 0 Å². The monoisotopic (exact) mass is 367 g/mol. The van der Waals surface area contributed by atoms with Crippen LogP contribution in [0.4, 0.5) is 0 Å². The van der Waals surface area contributed by atoms with Crippen molar-refractivity contribution in [1.82, 2.24) is 4.90 Å². The summed E-state index contributed by atoms with van der Waals surface area (Å²) in [5.74, 6) is 0.633. The van der Waals surface area contributed by atoms with Crippen LogP contribution in [0, 0.1) is 6.92 Å². The van der Waals surface area contributed by atoms with Crippen molar-refractivity contribution >= 4 is 28.6 Å². The van der Waals surface area contributed by atoms with Crippen molar-refractivity contribution in [3.63, 3.8) is 0 Å². The fourth-order valence-electron chi connectivity index (χ4n) is 1.97. The summed E-state index contributed by atoms with van der Waals surface area (Å²) in [5, 5.41) is 0.722. The molecule has 0 aliphatic carbocycles. The van der Waals surface area contributed by atoms with Gasteiger partial charge in [-0.25, -0.2) is 0 Å². The zero-order valence-electron chi connectivity index (χ0n) is 12.4. The molecule has 0 aromatic heterocycles. The molecule has 0 amide bonds. The molecule has 1 unspecified atom stereocenters. The van der Waals surface area contributed by atoms with Crippen LogP contribution in [0.25, 0.3) is 0 Å². The van der Waals surface area contributed by atoms with Crippen LogP contribution in [0.15, 0.2) is 53.0 Å². The van der Waals surface area contributed by atoms with Crippen LogP contribution < -0.4 is 9.83 Å². The van der Waals surface area contributed by atoms with E-state index >= 15 is 0 Å². The summed E-state index contributed by atoms with van der Waals surface area (Å²) >= 11 is 3.40. The maximum Gasteiger partial charge on any atom is 0.290 e. The van der Waals surface area contributed by atoms with E-state index in [1.54, 1.807) is 0 Å². The number of hydrogen-bond donors (Lipinski definition) is 0. The van der Waals surface area contributed by atoms with Gasteiger partial charge in [-0.2, -0.15) is 0 Å². The first-order valence-electron chi connectivity index (χ1n) is 6.65. The van der Waals surface area contributed by atoms with E-state index in [9.17, 15) is 4.57 Å². The van der Waals surface area contributed by atoms with E-state index in [1.807, 2.05) is 74.4 Å². The quantitative estimate of drug-likeness (QED) is 0.739. The molecule has 0 N–H and O–H groups in total. The van der Waals surface area contributed by atoms with E-state index in [1.165, 1.54) is 0 Å². The lowest BCUT2D eigenvalue weighted by Gasteiger charge is -2.23. The van der Waals surface area contributed by atoms with Gasteiger partial charge in [-0.1, -0.05) is 33.6 Å². The molecule has 112 valence electrons. The predicted octanol–water partition coefficient (Wildman–Crippen LogP) is 4.26. The largest absolute Gasteiger partial charge is 0.439 e. The smallest absolute Gasteiger partial charge is 0.290 e. The highest BCUT2D eigenvalue weighted by atomic mass is 79.9. The summed E-state index contributed by atoms with van der Waals surface area (Å²) < 4.78 is 20.2. The SMILES string of the molecule is Cc1ccc(OP(=O)(CN(C)C)c2ccc(Br)cc2)cc1. The number of aryl methyl sites for hydroxylation is 1. The Labute approximate surface area is 134 Å². The molecule has 2 aromatic rings. The second kappa shape index (κ2) is 6.78. The average Bonchev–Trinajstić information content (AvgIpc) is 2.41. The van der Waals surface area contributed by atoms with Gasteiger partial charge >= 0.3 is 0 Å². The highest BCUT2D eigenvalue weighted by Crippen LogP contribution is 2.46. The molecule has 0 saturated carbocycles. The normalized spacial score (nSPS) is 14.0. The minimum Gasteiger partial charge on any atom is -0.439 e. The van der Waals surface area contributed by atoms with E-state index in [2.05, 4.69) is 15.9 Å². The molecule has 0 bridgehead atoms. The van der Waals surface area contributed by atoms with Gasteiger partial charge < -0.3 is 4.52 Å². The Bertz CT molecular complexity index is 638. The van der Waals surface area contributed by atoms with Crippen molar-refractivity contribution in [3.8, 4) is 5.75 Å². The van der Waals surface area contributed by atoms with Gasteiger partial charge in [0.05, 0.1) is 6.29 Å². The molecule has 2 rings (SSSR count). The molecule has 0 heterocycles. The van der Waals surface area contributed by atoms with Gasteiger partial charge in [-0.3, -0.25) is 9.46 Å². The molecular weight excluding hydrogens is 349 g/mol. The Kier molecular flexibility index (Phi) is 5.26. The minimum absolute atomic E-state index is 0.364. The van der Waals surface area contributed by atoms with E-state index in [4.69, 9.17) is 4.52 Å². The van der Waals surface area contributed by atoms with Crippen LogP contribution in [-0.2, 0) is 4.57 Å². The molecule has 0 radical (unpaired) electrons. The number of halogens is 1. The van der Waals surface area contributed by atoms with E-state index in [0.29, 0.717) is 12.0 Å². The van der Waals surface area contributed by atoms with E-state index in [0.717, 1.165) is 15.3 Å². The van der Waals surface area contributed by atoms with Crippen molar-refractivity contribution in [2.24, 2.45) is 0 Å². The van der Waals surface area contributed by atoms with Crippen molar-refractivity contribution < 1.29 is 9.09 Å². The third kappa shape index (κ3) is 4.44. The number of hydrogen-bond acceptors (Lipinski definition) is 3. The Morgan fingerprint density at radius 3 is 2.14 bits per heavy atom. The highest BCUT2D eigenvalue weighted by Gasteiger charge is 2.28. The molecule has 0 aliphatic heterocycles. The van der Waals surface area contributed by atoms with Gasteiger partial charge in [0.1, 0.15) is 5.75 Å². The molecule has 2 aromatic carbocycles. The first-order chi connectivity index (χ1) is 9.89. The molecule has 3 nitrogen and oxygen atoms in total. The van der Waals surface area contributed by atoms with Crippen molar-refractivity contribution in [2.45, 2.75) is 6.92 Å². The maximum atomic E-state index is 13.3. The molecule has 5 heteroatoms. The van der Waals surface area contributed by atoms with Crippen LogP contribution in [0.5, 0.6) is 5.75 Å². The van der Waals surface area contributed by atoms with Crippen LogP contribution in [0.2, 0.25) is 0 Å². The van der Waals surface area contributed by atoms with Gasteiger partial charge in [0, 0.05) is 9.78 Å². The van der Waals surface area contributed by atoms with Crippen molar-refractivity contribution in [1.29, 1.82) is 0 Å². The summed E-state index contributed by atoms with van der Waals surface area (Å²) in [6, 6.07) is 15.1. The fourth-order valence-corrected chi connectivity index (χ4v) is 4.37. The van der Waals surface area contributed by atoms with E-state index < -0.39 is 7.37 Å². The van der Waals surface area contributed by atoms with Crippen LogP contribution >= 0.6 is 23.3 Å². The van der Waals surface area contributed by atoms with Crippen LogP contribution in [-0.4, -0.2) is 25.3 Å². The molecule has 21 heavy (non-hydrogen) atoms. The zero-order valence-corrected chi connectivity index (χ0v) is 14.9. The lowest BCUT2D eigenvalue weighted by atomic mass is 10.2. The number of rotatable bonds is 5. The van der Waals surface area contributed by atoms with E-state index in [-0.39, 0.29) is 0 Å². The van der Waals surface area contributed by atoms with Gasteiger partial charge in [-0.15, -0.1) is 0 Å². The predicted molar refractivity (Wildman–Crippen MR) is 91.7 cm³/mol. The number of benzene rings is 2. The van der Waals surface area contributed by atoms with Crippen molar-refractivity contribution in [3.05, 3.63) is 58.6 Å². The summed E-state index contributed by atoms with van der Waals surface area (Å²) in [6.45, 7) is 2.01. The standard InChI is InChI=1S/C16H19BrNO2P/c1-13-4-8-15(9-5-13)20-21(19,12-18(2)3)16-10-6-14(17)7-11-16/h4-11H,12H2,1-3H3. The third-order valence-electron chi connectivity index (χ3n) is 2.96. The van der Waals surface area contributed by atoms with Gasteiger partial charge in [0.2, 0.25) is 0 Å². The molecular formula is C16H19BrNO2P. The van der Waals surface area contributed by atoms with Gasteiger partial charge in [0.25, 0.3) is 7.37 Å². The summed E-state index contributed by atoms with van der Waals surface area (Å²) in [5.41, 5.74) is 1.15. The van der Waals surface area contributed by atoms with Crippen molar-refractivity contribution in [2.75, 3.05) is 20.4 Å². The Morgan fingerprint density at radius 1 is 1.05 bits per heavy atom. The minimum atomic E-state index is -2.98. The summed E-state index contributed by atoms with van der Waals surface area (Å²) in [6.07, 6.45) is 0.364. The average molecular weight is 368 g/mol. The summed E-state index contributed by atoms with van der Waals surface area (Å²) in [4.78, 5) is 1.89. The summed E-state index contributed by atoms with van der Waals surface area (Å²) in [7, 11) is 0.806. The maximum absolute atomic E-state index is 13.3. The molecule has 0 spiro atoms.